The molecule has 0 unspecified atom stereocenters. The number of carbonyl (C=O) groups is 2. The first-order valence-electron chi connectivity index (χ1n) is 8.11. The van der Waals surface area contributed by atoms with Crippen molar-refractivity contribution in [3.8, 4) is 5.75 Å². The minimum absolute atomic E-state index is 0.0687. The van der Waals surface area contributed by atoms with Crippen molar-refractivity contribution in [2.45, 2.75) is 31.8 Å². The van der Waals surface area contributed by atoms with Gasteiger partial charge in [0, 0.05) is 31.2 Å². The number of piperidine rings is 1. The van der Waals surface area contributed by atoms with E-state index in [1.807, 2.05) is 4.90 Å². The van der Waals surface area contributed by atoms with Gasteiger partial charge in [-0.25, -0.2) is 4.79 Å². The zero-order valence-electron chi connectivity index (χ0n) is 14.0. The molecule has 1 aliphatic rings. The van der Waals surface area contributed by atoms with E-state index in [1.165, 1.54) is 18.2 Å². The number of nitrogens with two attached hydrogens (primary N) is 1. The number of nitrogens with one attached hydrogen (secondary N) is 2. The second kappa shape index (κ2) is 8.75. The molecule has 1 aromatic rings. The molecule has 7 nitrogen and oxygen atoms in total. The topological polar surface area (TPSA) is 96.7 Å². The minimum atomic E-state index is -4.79. The Balaban J connectivity index is 1.79. The van der Waals surface area contributed by atoms with Gasteiger partial charge >= 0.3 is 12.4 Å². The number of nitrogens with zero attached hydrogens (tertiary/aromatic N) is 1. The third-order valence-corrected chi connectivity index (χ3v) is 3.94. The maximum atomic E-state index is 12.4. The third kappa shape index (κ3) is 6.79. The van der Waals surface area contributed by atoms with Crippen molar-refractivity contribution >= 4 is 11.9 Å². The Morgan fingerprint density at radius 1 is 1.23 bits per heavy atom. The number of amides is 3. The molecule has 10 heteroatoms. The van der Waals surface area contributed by atoms with Gasteiger partial charge in [-0.1, -0.05) is 18.2 Å². The number of primary amides is 1. The van der Waals surface area contributed by atoms with Crippen molar-refractivity contribution in [3.05, 3.63) is 29.8 Å². The Morgan fingerprint density at radius 3 is 2.50 bits per heavy atom. The Morgan fingerprint density at radius 2 is 1.88 bits per heavy atom. The number of hydrogen-bond acceptors (Lipinski definition) is 4. The smallest absolute Gasteiger partial charge is 0.405 e. The largest absolute Gasteiger partial charge is 0.573 e. The average molecular weight is 374 g/mol. The molecular weight excluding hydrogens is 353 g/mol. The summed E-state index contributed by atoms with van der Waals surface area (Å²) < 4.78 is 41.1. The van der Waals surface area contributed by atoms with Gasteiger partial charge in [0.15, 0.2) is 0 Å². The number of urea groups is 1. The molecule has 0 atom stereocenters. The van der Waals surface area contributed by atoms with Gasteiger partial charge < -0.3 is 21.1 Å². The van der Waals surface area contributed by atoms with Gasteiger partial charge in [-0.3, -0.25) is 9.69 Å². The van der Waals surface area contributed by atoms with Crippen LogP contribution in [-0.4, -0.2) is 48.9 Å². The van der Waals surface area contributed by atoms with Crippen LogP contribution in [0.4, 0.5) is 18.0 Å². The lowest BCUT2D eigenvalue weighted by molar-refractivity contribution is -0.274. The van der Waals surface area contributed by atoms with E-state index in [2.05, 4.69) is 15.4 Å². The molecule has 144 valence electrons. The normalized spacial score (nSPS) is 16.1. The molecule has 0 aromatic heterocycles. The molecule has 1 heterocycles. The molecule has 1 fully saturated rings. The standard InChI is InChI=1S/C16H21F3N4O3/c17-16(18,19)26-13-4-2-1-3-11(13)9-21-15(25)22-12-5-7-23(8-6-12)10-14(20)24/h1-4,12H,5-10H2,(H2,20,24)(H2,21,22,25). The SMILES string of the molecule is NC(=O)CN1CCC(NC(=O)NCc2ccccc2OC(F)(F)F)CC1. The van der Waals surface area contributed by atoms with E-state index in [0.29, 0.717) is 25.9 Å². The first-order valence-corrected chi connectivity index (χ1v) is 8.11. The molecule has 1 aliphatic heterocycles. The van der Waals surface area contributed by atoms with E-state index in [9.17, 15) is 22.8 Å². The Bertz CT molecular complexity index is 631. The molecule has 0 bridgehead atoms. The summed E-state index contributed by atoms with van der Waals surface area (Å²) in [6.45, 7) is 1.36. The summed E-state index contributed by atoms with van der Waals surface area (Å²) in [5, 5.41) is 5.31. The van der Waals surface area contributed by atoms with E-state index in [-0.39, 0.29) is 30.4 Å². The molecular formula is C16H21F3N4O3. The van der Waals surface area contributed by atoms with Crippen molar-refractivity contribution in [2.75, 3.05) is 19.6 Å². The Labute approximate surface area is 148 Å². The molecule has 0 radical (unpaired) electrons. The van der Waals surface area contributed by atoms with Crippen molar-refractivity contribution in [1.82, 2.24) is 15.5 Å². The van der Waals surface area contributed by atoms with Crippen LogP contribution in [-0.2, 0) is 11.3 Å². The summed E-state index contributed by atoms with van der Waals surface area (Å²) in [5.74, 6) is -0.742. The van der Waals surface area contributed by atoms with Gasteiger partial charge in [0.25, 0.3) is 0 Å². The number of likely N-dealkylation sites (tertiary alicyclic amines) is 1. The summed E-state index contributed by atoms with van der Waals surface area (Å²) in [7, 11) is 0. The van der Waals surface area contributed by atoms with Gasteiger partial charge in [0.1, 0.15) is 5.75 Å². The van der Waals surface area contributed by atoms with Crippen molar-refractivity contribution < 1.29 is 27.5 Å². The summed E-state index contributed by atoms with van der Waals surface area (Å²) >= 11 is 0. The first kappa shape index (κ1) is 19.8. The predicted molar refractivity (Wildman–Crippen MR) is 87.2 cm³/mol. The van der Waals surface area contributed by atoms with E-state index in [1.54, 1.807) is 6.07 Å². The summed E-state index contributed by atoms with van der Waals surface area (Å²) in [4.78, 5) is 24.8. The minimum Gasteiger partial charge on any atom is -0.405 e. The highest BCUT2D eigenvalue weighted by Crippen LogP contribution is 2.26. The van der Waals surface area contributed by atoms with Crippen LogP contribution in [0, 0.1) is 0 Å². The molecule has 0 saturated carbocycles. The van der Waals surface area contributed by atoms with Gasteiger partial charge in [-0.05, 0) is 18.9 Å². The molecule has 3 amide bonds. The third-order valence-electron chi connectivity index (χ3n) is 3.94. The number of hydrogen-bond donors (Lipinski definition) is 3. The summed E-state index contributed by atoms with van der Waals surface area (Å²) in [5.41, 5.74) is 5.36. The highest BCUT2D eigenvalue weighted by atomic mass is 19.4. The van der Waals surface area contributed by atoms with Crippen LogP contribution < -0.4 is 21.1 Å². The van der Waals surface area contributed by atoms with Crippen molar-refractivity contribution in [1.29, 1.82) is 0 Å². The molecule has 1 aromatic carbocycles. The fourth-order valence-corrected chi connectivity index (χ4v) is 2.74. The maximum Gasteiger partial charge on any atom is 0.573 e. The molecule has 26 heavy (non-hydrogen) atoms. The fourth-order valence-electron chi connectivity index (χ4n) is 2.74. The van der Waals surface area contributed by atoms with E-state index in [0.717, 1.165) is 0 Å². The van der Waals surface area contributed by atoms with Crippen LogP contribution in [0.3, 0.4) is 0 Å². The zero-order valence-corrected chi connectivity index (χ0v) is 14.0. The first-order chi connectivity index (χ1) is 12.2. The number of halogens is 3. The Hall–Kier alpha value is -2.49. The lowest BCUT2D eigenvalue weighted by Gasteiger charge is -2.31. The van der Waals surface area contributed by atoms with Gasteiger partial charge in [0.05, 0.1) is 6.54 Å². The van der Waals surface area contributed by atoms with E-state index < -0.39 is 18.3 Å². The van der Waals surface area contributed by atoms with Crippen LogP contribution in [0.5, 0.6) is 5.75 Å². The number of para-hydroxylation sites is 1. The van der Waals surface area contributed by atoms with Crippen LogP contribution in [0.15, 0.2) is 24.3 Å². The molecule has 4 N–H and O–H groups in total. The van der Waals surface area contributed by atoms with Gasteiger partial charge in [-0.2, -0.15) is 0 Å². The van der Waals surface area contributed by atoms with Crippen LogP contribution in [0.2, 0.25) is 0 Å². The van der Waals surface area contributed by atoms with Crippen LogP contribution in [0.25, 0.3) is 0 Å². The quantitative estimate of drug-likeness (QED) is 0.700. The monoisotopic (exact) mass is 374 g/mol. The predicted octanol–water partition coefficient (Wildman–Crippen LogP) is 1.33. The van der Waals surface area contributed by atoms with Gasteiger partial charge in [0.2, 0.25) is 5.91 Å². The highest BCUT2D eigenvalue weighted by molar-refractivity contribution is 5.76. The van der Waals surface area contributed by atoms with E-state index >= 15 is 0 Å². The number of rotatable bonds is 6. The highest BCUT2D eigenvalue weighted by Gasteiger charge is 2.32. The Kier molecular flexibility index (Phi) is 6.67. The van der Waals surface area contributed by atoms with Crippen LogP contribution >= 0.6 is 0 Å². The zero-order chi connectivity index (χ0) is 19.2. The summed E-state index contributed by atoms with van der Waals surface area (Å²) in [6, 6.07) is 5.08. The molecule has 2 rings (SSSR count). The second-order valence-electron chi connectivity index (χ2n) is 6.00. The average Bonchev–Trinajstić information content (AvgIpc) is 2.54. The van der Waals surface area contributed by atoms with Gasteiger partial charge in [-0.15, -0.1) is 13.2 Å². The number of ether oxygens (including phenoxy) is 1. The van der Waals surface area contributed by atoms with E-state index in [4.69, 9.17) is 5.73 Å². The maximum absolute atomic E-state index is 12.4. The lowest BCUT2D eigenvalue weighted by Crippen LogP contribution is -2.49. The van der Waals surface area contributed by atoms with Crippen molar-refractivity contribution in [2.24, 2.45) is 5.73 Å². The molecule has 1 saturated heterocycles. The molecule has 0 spiro atoms. The fraction of sp³-hybridized carbons (Fsp3) is 0.500. The number of carbonyl (C=O) groups excluding carboxylic acids is 2. The van der Waals surface area contributed by atoms with Crippen LogP contribution in [0.1, 0.15) is 18.4 Å². The summed E-state index contributed by atoms with van der Waals surface area (Å²) in [6.07, 6.45) is -3.47. The van der Waals surface area contributed by atoms with Crippen molar-refractivity contribution in [3.63, 3.8) is 0 Å². The second-order valence-corrected chi connectivity index (χ2v) is 6.00. The molecule has 0 aliphatic carbocycles. The number of alkyl halides is 3. The lowest BCUT2D eigenvalue weighted by atomic mass is 10.1. The number of benzene rings is 1.